The van der Waals surface area contributed by atoms with E-state index in [2.05, 4.69) is 18.8 Å². The standard InChI is InChI=1S/C14H21NO/c1-3-12-4-7-14(16,8-5-12)13-10-15-9-6-11(13)2/h6,9-10,12,16H,3-5,7-8H2,1-2H3. The summed E-state index contributed by atoms with van der Waals surface area (Å²) in [4.78, 5) is 4.15. The molecule has 0 spiro atoms. The Balaban J connectivity index is 2.18. The Kier molecular flexibility index (Phi) is 3.29. The van der Waals surface area contributed by atoms with E-state index in [1.54, 1.807) is 6.20 Å². The van der Waals surface area contributed by atoms with Crippen molar-refractivity contribution in [3.63, 3.8) is 0 Å². The molecule has 0 atom stereocenters. The molecule has 0 aliphatic heterocycles. The molecule has 0 aromatic carbocycles. The van der Waals surface area contributed by atoms with Crippen molar-refractivity contribution in [1.29, 1.82) is 0 Å². The second-order valence-electron chi connectivity index (χ2n) is 5.07. The number of hydrogen-bond acceptors (Lipinski definition) is 2. The van der Waals surface area contributed by atoms with Gasteiger partial charge in [0.25, 0.3) is 0 Å². The van der Waals surface area contributed by atoms with Crippen LogP contribution < -0.4 is 0 Å². The van der Waals surface area contributed by atoms with Crippen molar-refractivity contribution in [2.24, 2.45) is 5.92 Å². The molecule has 1 aromatic heterocycles. The van der Waals surface area contributed by atoms with Crippen LogP contribution in [0, 0.1) is 12.8 Å². The molecule has 0 bridgehead atoms. The number of aliphatic hydroxyl groups is 1. The van der Waals surface area contributed by atoms with Gasteiger partial charge in [-0.1, -0.05) is 13.3 Å². The van der Waals surface area contributed by atoms with Gasteiger partial charge in [0.15, 0.2) is 0 Å². The van der Waals surface area contributed by atoms with Gasteiger partial charge in [0, 0.05) is 18.0 Å². The monoisotopic (exact) mass is 219 g/mol. The van der Waals surface area contributed by atoms with Crippen LogP contribution in [0.4, 0.5) is 0 Å². The lowest BCUT2D eigenvalue weighted by Gasteiger charge is -2.36. The second kappa shape index (κ2) is 4.54. The zero-order valence-electron chi connectivity index (χ0n) is 10.2. The minimum Gasteiger partial charge on any atom is -0.385 e. The van der Waals surface area contributed by atoms with E-state index < -0.39 is 5.60 Å². The average Bonchev–Trinajstić information content (AvgIpc) is 2.30. The number of aromatic nitrogens is 1. The fraction of sp³-hybridized carbons (Fsp3) is 0.643. The van der Waals surface area contributed by atoms with E-state index in [1.807, 2.05) is 12.3 Å². The van der Waals surface area contributed by atoms with Crippen molar-refractivity contribution in [3.05, 3.63) is 29.6 Å². The fourth-order valence-corrected chi connectivity index (χ4v) is 2.78. The van der Waals surface area contributed by atoms with Crippen molar-refractivity contribution in [2.45, 2.75) is 51.6 Å². The van der Waals surface area contributed by atoms with Crippen LogP contribution in [0.25, 0.3) is 0 Å². The molecule has 0 unspecified atom stereocenters. The summed E-state index contributed by atoms with van der Waals surface area (Å²) >= 11 is 0. The summed E-state index contributed by atoms with van der Waals surface area (Å²) in [6.45, 7) is 4.30. The average molecular weight is 219 g/mol. The third-order valence-corrected chi connectivity index (χ3v) is 4.05. The first kappa shape index (κ1) is 11.6. The molecule has 1 aliphatic rings. The van der Waals surface area contributed by atoms with Crippen LogP contribution in [0.15, 0.2) is 18.5 Å². The van der Waals surface area contributed by atoms with E-state index in [4.69, 9.17) is 0 Å². The maximum atomic E-state index is 10.7. The Bertz CT molecular complexity index is 354. The smallest absolute Gasteiger partial charge is 0.0914 e. The number of pyridine rings is 1. The van der Waals surface area contributed by atoms with Crippen LogP contribution >= 0.6 is 0 Å². The van der Waals surface area contributed by atoms with Gasteiger partial charge in [-0.25, -0.2) is 0 Å². The molecule has 88 valence electrons. The number of aryl methyl sites for hydroxylation is 1. The molecule has 1 aliphatic carbocycles. The summed E-state index contributed by atoms with van der Waals surface area (Å²) in [5, 5.41) is 10.7. The zero-order chi connectivity index (χ0) is 11.6. The number of nitrogens with zero attached hydrogens (tertiary/aromatic N) is 1. The lowest BCUT2D eigenvalue weighted by molar-refractivity contribution is -0.0153. The van der Waals surface area contributed by atoms with E-state index in [0.717, 1.165) is 42.7 Å². The quantitative estimate of drug-likeness (QED) is 0.828. The summed E-state index contributed by atoms with van der Waals surface area (Å²) in [5.74, 6) is 0.803. The van der Waals surface area contributed by atoms with Gasteiger partial charge in [0.2, 0.25) is 0 Å². The topological polar surface area (TPSA) is 33.1 Å². The van der Waals surface area contributed by atoms with Gasteiger partial charge in [-0.15, -0.1) is 0 Å². The minimum absolute atomic E-state index is 0.621. The zero-order valence-corrected chi connectivity index (χ0v) is 10.2. The number of hydrogen-bond donors (Lipinski definition) is 1. The summed E-state index contributed by atoms with van der Waals surface area (Å²) in [7, 11) is 0. The first-order valence-electron chi connectivity index (χ1n) is 6.29. The van der Waals surface area contributed by atoms with Crippen LogP contribution in [0.1, 0.15) is 50.2 Å². The van der Waals surface area contributed by atoms with E-state index in [9.17, 15) is 5.11 Å². The maximum absolute atomic E-state index is 10.7. The van der Waals surface area contributed by atoms with Gasteiger partial charge in [-0.2, -0.15) is 0 Å². The maximum Gasteiger partial charge on any atom is 0.0914 e. The van der Waals surface area contributed by atoms with Crippen molar-refractivity contribution >= 4 is 0 Å². The third kappa shape index (κ3) is 2.12. The van der Waals surface area contributed by atoms with Gasteiger partial charge in [-0.05, 0) is 50.2 Å². The van der Waals surface area contributed by atoms with E-state index in [0.29, 0.717) is 0 Å². The van der Waals surface area contributed by atoms with Crippen molar-refractivity contribution < 1.29 is 5.11 Å². The van der Waals surface area contributed by atoms with E-state index >= 15 is 0 Å². The summed E-state index contributed by atoms with van der Waals surface area (Å²) in [5.41, 5.74) is 1.57. The molecule has 1 saturated carbocycles. The van der Waals surface area contributed by atoms with Gasteiger partial charge in [-0.3, -0.25) is 4.98 Å². The summed E-state index contributed by atoms with van der Waals surface area (Å²) in [6, 6.07) is 1.99. The Labute approximate surface area is 97.7 Å². The van der Waals surface area contributed by atoms with Crippen LogP contribution in [-0.4, -0.2) is 10.1 Å². The molecule has 1 heterocycles. The van der Waals surface area contributed by atoms with Gasteiger partial charge < -0.3 is 5.11 Å². The van der Waals surface area contributed by atoms with Crippen LogP contribution in [-0.2, 0) is 5.60 Å². The second-order valence-corrected chi connectivity index (χ2v) is 5.07. The van der Waals surface area contributed by atoms with Crippen molar-refractivity contribution in [2.75, 3.05) is 0 Å². The molecule has 1 fully saturated rings. The van der Waals surface area contributed by atoms with E-state index in [1.165, 1.54) is 6.42 Å². The minimum atomic E-state index is -0.621. The largest absolute Gasteiger partial charge is 0.385 e. The highest BCUT2D eigenvalue weighted by molar-refractivity contribution is 5.28. The SMILES string of the molecule is CCC1CCC(O)(c2cnccc2C)CC1. The summed E-state index contributed by atoms with van der Waals surface area (Å²) < 4.78 is 0. The van der Waals surface area contributed by atoms with Crippen molar-refractivity contribution in [1.82, 2.24) is 4.98 Å². The molecular weight excluding hydrogens is 198 g/mol. The van der Waals surface area contributed by atoms with Crippen molar-refractivity contribution in [3.8, 4) is 0 Å². The first-order chi connectivity index (χ1) is 7.65. The predicted molar refractivity (Wildman–Crippen MR) is 65.1 cm³/mol. The third-order valence-electron chi connectivity index (χ3n) is 4.05. The summed E-state index contributed by atoms with van der Waals surface area (Å²) in [6.07, 6.45) is 8.92. The first-order valence-corrected chi connectivity index (χ1v) is 6.29. The Morgan fingerprint density at radius 2 is 2.12 bits per heavy atom. The van der Waals surface area contributed by atoms with Crippen LogP contribution in [0.2, 0.25) is 0 Å². The molecule has 1 aromatic rings. The molecule has 0 radical (unpaired) electrons. The highest BCUT2D eigenvalue weighted by Gasteiger charge is 2.35. The van der Waals surface area contributed by atoms with Crippen LogP contribution in [0.5, 0.6) is 0 Å². The highest BCUT2D eigenvalue weighted by Crippen LogP contribution is 2.41. The molecule has 2 nitrogen and oxygen atoms in total. The predicted octanol–water partition coefficient (Wildman–Crippen LogP) is 3.18. The Hall–Kier alpha value is -0.890. The fourth-order valence-electron chi connectivity index (χ4n) is 2.78. The molecule has 1 N–H and O–H groups in total. The number of rotatable bonds is 2. The molecule has 16 heavy (non-hydrogen) atoms. The molecule has 0 amide bonds. The molecule has 0 saturated heterocycles. The molecular formula is C14H21NO. The van der Waals surface area contributed by atoms with Gasteiger partial charge in [0.05, 0.1) is 5.60 Å². The van der Waals surface area contributed by atoms with Gasteiger partial charge >= 0.3 is 0 Å². The highest BCUT2D eigenvalue weighted by atomic mass is 16.3. The lowest BCUT2D eigenvalue weighted by Crippen LogP contribution is -2.32. The van der Waals surface area contributed by atoms with Crippen LogP contribution in [0.3, 0.4) is 0 Å². The Morgan fingerprint density at radius 1 is 1.44 bits per heavy atom. The lowest BCUT2D eigenvalue weighted by atomic mass is 9.74. The normalized spacial score (nSPS) is 30.3. The molecule has 2 rings (SSSR count). The van der Waals surface area contributed by atoms with E-state index in [-0.39, 0.29) is 0 Å². The van der Waals surface area contributed by atoms with Gasteiger partial charge in [0.1, 0.15) is 0 Å². The molecule has 2 heteroatoms. The Morgan fingerprint density at radius 3 is 2.69 bits per heavy atom.